The molecule has 0 aliphatic carbocycles. The molecule has 0 spiro atoms. The van der Waals surface area contributed by atoms with Crippen LogP contribution in [0.1, 0.15) is 0 Å². The Hall–Kier alpha value is -0.0835. The Morgan fingerprint density at radius 2 is 1.67 bits per heavy atom. The Morgan fingerprint density at radius 1 is 1.50 bits per heavy atom. The maximum atomic E-state index is 7.57. The van der Waals surface area contributed by atoms with Crippen LogP contribution in [0.3, 0.4) is 0 Å². The molecule has 0 bridgehead atoms. The molecule has 0 aromatic carbocycles. The molecule has 0 aliphatic rings. The molecule has 0 aromatic heterocycles. The summed E-state index contributed by atoms with van der Waals surface area (Å²) in [6.45, 7) is 4.60. The van der Waals surface area contributed by atoms with Crippen molar-refractivity contribution >= 4 is 6.21 Å². The topological polar surface area (TPSA) is 22.3 Å². The van der Waals surface area contributed by atoms with Gasteiger partial charge in [0.05, 0.1) is 0 Å². The van der Waals surface area contributed by atoms with Crippen molar-refractivity contribution in [3.8, 4) is 0 Å². The third-order valence-corrected chi connectivity index (χ3v) is 0.0861. The van der Waals surface area contributed by atoms with Crippen molar-refractivity contribution in [2.75, 3.05) is 0 Å². The van der Waals surface area contributed by atoms with Gasteiger partial charge in [0, 0.05) is 0 Å². The van der Waals surface area contributed by atoms with Crippen LogP contribution >= 0.6 is 0 Å². The van der Waals surface area contributed by atoms with Gasteiger partial charge in [-0.25, -0.2) is 0 Å². The third kappa shape index (κ3) is 39.7. The fourth-order valence-corrected chi connectivity index (χ4v) is 0. The fourth-order valence-electron chi connectivity index (χ4n) is 0. The summed E-state index contributed by atoms with van der Waals surface area (Å²) in [6.07, 6.45) is 1.83. The van der Waals surface area contributed by atoms with Gasteiger partial charge in [-0.3, -0.25) is 12.7 Å². The Kier molecular flexibility index (Phi) is 57.5. The second-order valence-electron chi connectivity index (χ2n) is 0.342. The summed E-state index contributed by atoms with van der Waals surface area (Å²) >= 11 is 0. The van der Waals surface area contributed by atoms with Crippen molar-refractivity contribution in [1.82, 2.24) is 0 Å². The van der Waals surface area contributed by atoms with E-state index in [1.54, 1.807) is 0 Å². The molecule has 1 nitrogen and oxygen atoms in total. The molecule has 0 radical (unpaired) electrons. The average molecular weight is 127 g/mol. The summed E-state index contributed by atoms with van der Waals surface area (Å²) in [5, 5.41) is 7.57. The van der Waals surface area contributed by atoms with E-state index < -0.39 is 0 Å². The zero-order chi connectivity index (χ0) is 3.41. The minimum absolute atomic E-state index is 0. The minimum atomic E-state index is 0. The van der Waals surface area contributed by atoms with Gasteiger partial charge in [0.2, 0.25) is 0 Å². The number of hydrogen-bond donors (Lipinski definition) is 0. The van der Waals surface area contributed by atoms with Crippen LogP contribution in [-0.2, 0) is 16.8 Å². The molecular formula is C4H6CoN. The smallest absolute Gasteiger partial charge is 0.911 e. The first-order chi connectivity index (χ1) is 1.91. The Bertz CT molecular complexity index is 28.5. The second kappa shape index (κ2) is 20.5. The molecule has 0 fully saturated rings. The van der Waals surface area contributed by atoms with Crippen LogP contribution < -0.4 is 0 Å². The molecule has 0 atom stereocenters. The third-order valence-electron chi connectivity index (χ3n) is 0.0861. The van der Waals surface area contributed by atoms with Crippen molar-refractivity contribution < 1.29 is 16.8 Å². The second-order valence-corrected chi connectivity index (χ2v) is 0.342. The number of hydrogen-bond acceptors (Lipinski definition) is 0. The van der Waals surface area contributed by atoms with Crippen LogP contribution in [0.25, 0.3) is 5.41 Å². The molecule has 36 valence electrons. The van der Waals surface area contributed by atoms with E-state index in [-0.39, 0.29) is 24.2 Å². The van der Waals surface area contributed by atoms with Crippen molar-refractivity contribution in [3.63, 3.8) is 0 Å². The SMILES string of the molecule is [CH-]=CC=[N-].[CH3-].[Co+3]. The Morgan fingerprint density at radius 3 is 1.67 bits per heavy atom. The quantitative estimate of drug-likeness (QED) is 0.371. The van der Waals surface area contributed by atoms with Gasteiger partial charge in [0.25, 0.3) is 0 Å². The van der Waals surface area contributed by atoms with E-state index in [4.69, 9.17) is 5.41 Å². The van der Waals surface area contributed by atoms with E-state index in [0.717, 1.165) is 12.3 Å². The Balaban J connectivity index is -0.0000000450. The first-order valence-electron chi connectivity index (χ1n) is 0.925. The van der Waals surface area contributed by atoms with Crippen LogP contribution in [0.4, 0.5) is 0 Å². The summed E-state index contributed by atoms with van der Waals surface area (Å²) in [7, 11) is 0. The molecule has 6 heavy (non-hydrogen) atoms. The molecule has 0 aliphatic heterocycles. The summed E-state index contributed by atoms with van der Waals surface area (Å²) in [5.41, 5.74) is 0. The monoisotopic (exact) mass is 127 g/mol. The zero-order valence-electron chi connectivity index (χ0n) is 3.51. The van der Waals surface area contributed by atoms with Gasteiger partial charge in [-0.15, -0.1) is 0 Å². The molecule has 0 unspecified atom stereocenters. The molecule has 0 saturated heterocycles. The van der Waals surface area contributed by atoms with Crippen LogP contribution in [0.5, 0.6) is 0 Å². The molecule has 0 saturated carbocycles. The molecular weight excluding hydrogens is 121 g/mol. The van der Waals surface area contributed by atoms with Gasteiger partial charge < -0.3 is 19.1 Å². The molecule has 0 heterocycles. The minimum Gasteiger partial charge on any atom is -0.911 e. The maximum absolute atomic E-state index is 7.57. The molecule has 0 aromatic rings. The van der Waals surface area contributed by atoms with E-state index in [0.29, 0.717) is 0 Å². The number of nitrogens with zero attached hydrogens (tertiary/aromatic N) is 1. The number of rotatable bonds is 1. The van der Waals surface area contributed by atoms with Gasteiger partial charge in [-0.1, -0.05) is 0 Å². The fraction of sp³-hybridized carbons (Fsp3) is 0. The normalized spacial score (nSPS) is 3.33. The average Bonchev–Trinajstić information content (AvgIpc) is 1.37. The van der Waals surface area contributed by atoms with Crippen LogP contribution in [-0.4, -0.2) is 6.21 Å². The van der Waals surface area contributed by atoms with E-state index in [2.05, 4.69) is 6.58 Å². The molecule has 0 amide bonds. The first kappa shape index (κ1) is 16.8. The molecule has 0 rings (SSSR count). The van der Waals surface area contributed by atoms with Gasteiger partial charge in [-0.05, 0) is 0 Å². The summed E-state index contributed by atoms with van der Waals surface area (Å²) in [4.78, 5) is 0. The van der Waals surface area contributed by atoms with Crippen LogP contribution in [0.2, 0.25) is 0 Å². The van der Waals surface area contributed by atoms with Crippen molar-refractivity contribution in [2.45, 2.75) is 0 Å². The largest absolute Gasteiger partial charge is 3.00 e. The van der Waals surface area contributed by atoms with Crippen molar-refractivity contribution in [1.29, 1.82) is 0 Å². The van der Waals surface area contributed by atoms with E-state index in [1.165, 1.54) is 0 Å². The van der Waals surface area contributed by atoms with Gasteiger partial charge >= 0.3 is 16.8 Å². The first-order valence-corrected chi connectivity index (χ1v) is 0.925. The van der Waals surface area contributed by atoms with Gasteiger partial charge in [0.1, 0.15) is 0 Å². The Labute approximate surface area is 49.2 Å². The summed E-state index contributed by atoms with van der Waals surface area (Å²) in [6, 6.07) is 0. The van der Waals surface area contributed by atoms with Gasteiger partial charge in [-0.2, -0.15) is 0 Å². The predicted octanol–water partition coefficient (Wildman–Crippen LogP) is 1.06. The number of allylic oxidation sites excluding steroid dienone is 1. The van der Waals surface area contributed by atoms with Crippen molar-refractivity contribution in [3.05, 3.63) is 25.5 Å². The van der Waals surface area contributed by atoms with E-state index >= 15 is 0 Å². The summed E-state index contributed by atoms with van der Waals surface area (Å²) in [5.74, 6) is 0. The van der Waals surface area contributed by atoms with Gasteiger partial charge in [0.15, 0.2) is 0 Å². The maximum Gasteiger partial charge on any atom is 3.00 e. The van der Waals surface area contributed by atoms with Crippen molar-refractivity contribution in [2.24, 2.45) is 0 Å². The predicted molar refractivity (Wildman–Crippen MR) is 24.7 cm³/mol. The van der Waals surface area contributed by atoms with E-state index in [1.807, 2.05) is 0 Å². The standard InChI is InChI=1S/C3H3N.CH3.Co/c1-2-3-4;;/h1-3H;1H3;/q-2;-1;+3. The van der Waals surface area contributed by atoms with Crippen LogP contribution in [0, 0.1) is 14.0 Å². The van der Waals surface area contributed by atoms with Crippen LogP contribution in [0.15, 0.2) is 6.08 Å². The summed E-state index contributed by atoms with van der Waals surface area (Å²) < 4.78 is 0. The molecule has 0 N–H and O–H groups in total. The zero-order valence-corrected chi connectivity index (χ0v) is 4.55. The molecule has 2 heteroatoms. The van der Waals surface area contributed by atoms with E-state index in [9.17, 15) is 0 Å².